The fourth-order valence-electron chi connectivity index (χ4n) is 1.69. The van der Waals surface area contributed by atoms with E-state index in [1.54, 1.807) is 11.6 Å². The summed E-state index contributed by atoms with van der Waals surface area (Å²) < 4.78 is 1.64. The fourth-order valence-corrected chi connectivity index (χ4v) is 1.69. The Labute approximate surface area is 86.6 Å². The van der Waals surface area contributed by atoms with Gasteiger partial charge in [-0.3, -0.25) is 4.57 Å². The molecule has 2 N–H and O–H groups in total. The second-order valence-corrected chi connectivity index (χ2v) is 3.62. The van der Waals surface area contributed by atoms with Crippen molar-refractivity contribution >= 4 is 11.6 Å². The largest absolute Gasteiger partial charge is 0.406 e. The first-order valence-corrected chi connectivity index (χ1v) is 4.81. The summed E-state index contributed by atoms with van der Waals surface area (Å²) in [6.07, 6.45) is 2.42. The number of rotatable bonds is 3. The zero-order valence-corrected chi connectivity index (χ0v) is 8.43. The van der Waals surface area contributed by atoms with Crippen molar-refractivity contribution in [3.8, 4) is 0 Å². The first kappa shape index (κ1) is 9.91. The fraction of sp³-hybridized carbons (Fsp3) is 0.625. The molecular weight excluding hydrogens is 198 g/mol. The summed E-state index contributed by atoms with van der Waals surface area (Å²) in [5, 5.41) is 17.0. The van der Waals surface area contributed by atoms with Gasteiger partial charge in [0.15, 0.2) is 0 Å². The van der Waals surface area contributed by atoms with Crippen molar-refractivity contribution in [3.63, 3.8) is 0 Å². The van der Waals surface area contributed by atoms with Crippen LogP contribution in [-0.4, -0.2) is 33.6 Å². The van der Waals surface area contributed by atoms with E-state index in [1.807, 2.05) is 0 Å². The Morgan fingerprint density at radius 1 is 1.80 bits per heavy atom. The number of hydrogen-bond acceptors (Lipinski definition) is 5. The van der Waals surface area contributed by atoms with Gasteiger partial charge in [0.1, 0.15) is 0 Å². The van der Waals surface area contributed by atoms with Gasteiger partial charge < -0.3 is 20.7 Å². The standard InChI is InChI=1S/C8H13N5O2/c1-12-5-10-7(13(14)15)8(12)11-6-2-3-9-4-6/h5-6,9,11H,2-4H2,1H3. The molecule has 0 radical (unpaired) electrons. The highest BCUT2D eigenvalue weighted by Crippen LogP contribution is 2.22. The molecule has 1 aliphatic rings. The van der Waals surface area contributed by atoms with Gasteiger partial charge in [-0.05, 0) is 22.9 Å². The molecule has 0 bridgehead atoms. The Bertz CT molecular complexity index is 369. The van der Waals surface area contributed by atoms with Gasteiger partial charge >= 0.3 is 5.82 Å². The number of nitrogens with one attached hydrogen (secondary N) is 2. The van der Waals surface area contributed by atoms with Crippen LogP contribution in [0.3, 0.4) is 0 Å². The van der Waals surface area contributed by atoms with Crippen LogP contribution in [0.25, 0.3) is 0 Å². The van der Waals surface area contributed by atoms with Crippen molar-refractivity contribution < 1.29 is 4.92 Å². The van der Waals surface area contributed by atoms with Gasteiger partial charge in [-0.15, -0.1) is 0 Å². The third kappa shape index (κ3) is 1.91. The number of nitro groups is 1. The summed E-state index contributed by atoms with van der Waals surface area (Å²) >= 11 is 0. The number of nitrogens with zero attached hydrogens (tertiary/aromatic N) is 3. The van der Waals surface area contributed by atoms with Gasteiger partial charge in [-0.1, -0.05) is 0 Å². The molecule has 1 fully saturated rings. The van der Waals surface area contributed by atoms with Crippen molar-refractivity contribution in [1.29, 1.82) is 0 Å². The van der Waals surface area contributed by atoms with Crippen LogP contribution in [0.1, 0.15) is 6.42 Å². The molecule has 0 aliphatic carbocycles. The average molecular weight is 211 g/mol. The number of hydrogen-bond donors (Lipinski definition) is 2. The topological polar surface area (TPSA) is 85.0 Å². The lowest BCUT2D eigenvalue weighted by Gasteiger charge is -2.11. The van der Waals surface area contributed by atoms with Crippen LogP contribution in [0.2, 0.25) is 0 Å². The average Bonchev–Trinajstić information content (AvgIpc) is 2.78. The number of aryl methyl sites for hydroxylation is 1. The molecule has 1 unspecified atom stereocenters. The van der Waals surface area contributed by atoms with Gasteiger partial charge in [0.2, 0.25) is 12.1 Å². The SMILES string of the molecule is Cn1cnc([N+](=O)[O-])c1NC1CCNC1. The summed E-state index contributed by atoms with van der Waals surface area (Å²) in [4.78, 5) is 14.0. The Balaban J connectivity index is 2.18. The van der Waals surface area contributed by atoms with Crippen LogP contribution in [0.4, 0.5) is 11.6 Å². The summed E-state index contributed by atoms with van der Waals surface area (Å²) in [7, 11) is 1.74. The molecule has 0 amide bonds. The van der Waals surface area contributed by atoms with Gasteiger partial charge in [-0.2, -0.15) is 0 Å². The van der Waals surface area contributed by atoms with Crippen molar-refractivity contribution in [2.24, 2.45) is 7.05 Å². The van der Waals surface area contributed by atoms with E-state index >= 15 is 0 Å². The van der Waals surface area contributed by atoms with Crippen molar-refractivity contribution in [3.05, 3.63) is 16.4 Å². The van der Waals surface area contributed by atoms with E-state index < -0.39 is 4.92 Å². The highest BCUT2D eigenvalue weighted by Gasteiger charge is 2.23. The Hall–Kier alpha value is -1.63. The van der Waals surface area contributed by atoms with Crippen LogP contribution in [0.5, 0.6) is 0 Å². The zero-order valence-electron chi connectivity index (χ0n) is 8.43. The molecule has 2 heterocycles. The maximum Gasteiger partial charge on any atom is 0.406 e. The predicted molar refractivity (Wildman–Crippen MR) is 54.8 cm³/mol. The minimum atomic E-state index is -0.468. The van der Waals surface area contributed by atoms with Crippen LogP contribution in [0, 0.1) is 10.1 Å². The smallest absolute Gasteiger partial charge is 0.360 e. The summed E-state index contributed by atoms with van der Waals surface area (Å²) in [6, 6.07) is 0.249. The predicted octanol–water partition coefficient (Wildman–Crippen LogP) is 0.102. The molecule has 1 atom stereocenters. The van der Waals surface area contributed by atoms with Crippen LogP contribution >= 0.6 is 0 Å². The van der Waals surface area contributed by atoms with Crippen molar-refractivity contribution in [2.75, 3.05) is 18.4 Å². The van der Waals surface area contributed by atoms with Crippen molar-refractivity contribution in [2.45, 2.75) is 12.5 Å². The number of anilines is 1. The van der Waals surface area contributed by atoms with Gasteiger partial charge in [0.05, 0.1) is 0 Å². The molecule has 0 saturated carbocycles. The van der Waals surface area contributed by atoms with E-state index in [0.29, 0.717) is 5.82 Å². The lowest BCUT2D eigenvalue weighted by Crippen LogP contribution is -2.23. The van der Waals surface area contributed by atoms with Crippen LogP contribution < -0.4 is 10.6 Å². The van der Waals surface area contributed by atoms with Gasteiger partial charge in [0.25, 0.3) is 0 Å². The summed E-state index contributed by atoms with van der Waals surface area (Å²) in [5.74, 6) is 0.373. The van der Waals surface area contributed by atoms with E-state index in [1.165, 1.54) is 6.33 Å². The lowest BCUT2D eigenvalue weighted by atomic mass is 10.2. The maximum absolute atomic E-state index is 10.7. The maximum atomic E-state index is 10.7. The lowest BCUT2D eigenvalue weighted by molar-refractivity contribution is -0.388. The molecule has 15 heavy (non-hydrogen) atoms. The van der Waals surface area contributed by atoms with Crippen LogP contribution in [-0.2, 0) is 7.05 Å². The Morgan fingerprint density at radius 2 is 2.60 bits per heavy atom. The first-order chi connectivity index (χ1) is 7.18. The highest BCUT2D eigenvalue weighted by atomic mass is 16.6. The number of aromatic nitrogens is 2. The summed E-state index contributed by atoms with van der Waals surface area (Å²) in [6.45, 7) is 1.78. The molecule has 0 spiro atoms. The van der Waals surface area contributed by atoms with E-state index in [0.717, 1.165) is 19.5 Å². The van der Waals surface area contributed by atoms with Crippen molar-refractivity contribution in [1.82, 2.24) is 14.9 Å². The molecule has 0 aromatic carbocycles. The van der Waals surface area contributed by atoms with E-state index in [2.05, 4.69) is 15.6 Å². The quantitative estimate of drug-likeness (QED) is 0.547. The monoisotopic (exact) mass is 211 g/mol. The van der Waals surface area contributed by atoms with Gasteiger partial charge in [-0.25, -0.2) is 0 Å². The van der Waals surface area contributed by atoms with E-state index in [9.17, 15) is 10.1 Å². The second-order valence-electron chi connectivity index (χ2n) is 3.62. The third-order valence-electron chi connectivity index (χ3n) is 2.49. The zero-order chi connectivity index (χ0) is 10.8. The molecule has 2 rings (SSSR count). The minimum absolute atomic E-state index is 0.107. The normalized spacial score (nSPS) is 20.5. The molecule has 7 heteroatoms. The number of imidazole rings is 1. The highest BCUT2D eigenvalue weighted by molar-refractivity contribution is 5.52. The second kappa shape index (κ2) is 3.85. The van der Waals surface area contributed by atoms with Crippen LogP contribution in [0.15, 0.2) is 6.33 Å². The molecule has 7 nitrogen and oxygen atoms in total. The molecule has 1 aliphatic heterocycles. The summed E-state index contributed by atoms with van der Waals surface area (Å²) in [5.41, 5.74) is 0. The van der Waals surface area contributed by atoms with Gasteiger partial charge in [0, 0.05) is 19.6 Å². The van der Waals surface area contributed by atoms with E-state index in [4.69, 9.17) is 0 Å². The third-order valence-corrected chi connectivity index (χ3v) is 2.49. The van der Waals surface area contributed by atoms with E-state index in [-0.39, 0.29) is 11.9 Å². The molecule has 1 aromatic heterocycles. The molecule has 1 aromatic rings. The molecular formula is C8H13N5O2. The molecule has 82 valence electrons. The first-order valence-electron chi connectivity index (χ1n) is 4.81. The Morgan fingerprint density at radius 3 is 3.20 bits per heavy atom. The Kier molecular flexibility index (Phi) is 2.55. The molecule has 1 saturated heterocycles. The minimum Gasteiger partial charge on any atom is -0.360 e.